The average molecular weight is 583 g/mol. The highest BCUT2D eigenvalue weighted by Gasteiger charge is 2.19. The number of halogens is 1. The molecule has 2 heterocycles. The third-order valence-electron chi connectivity index (χ3n) is 6.82. The molecule has 1 fully saturated rings. The molecule has 0 bridgehead atoms. The smallest absolute Gasteiger partial charge is 0.323 e. The number of carbonyl (C=O) groups is 2. The van der Waals surface area contributed by atoms with Crippen molar-refractivity contribution in [1.82, 2.24) is 9.97 Å². The second-order valence-electron chi connectivity index (χ2n) is 9.88. The van der Waals surface area contributed by atoms with Crippen molar-refractivity contribution in [2.24, 2.45) is 4.99 Å². The maximum Gasteiger partial charge on any atom is 0.323 e. The Balaban J connectivity index is 1.38. The highest BCUT2D eigenvalue weighted by molar-refractivity contribution is 6.00. The number of hydrogen-bond acceptors (Lipinski definition) is 8. The van der Waals surface area contributed by atoms with E-state index in [4.69, 9.17) is 20.1 Å². The quantitative estimate of drug-likeness (QED) is 0.207. The van der Waals surface area contributed by atoms with E-state index in [1.165, 1.54) is 25.3 Å². The Hall–Kier alpha value is -5.23. The van der Waals surface area contributed by atoms with Crippen LogP contribution in [0.5, 0.6) is 0 Å². The monoisotopic (exact) mass is 582 g/mol. The maximum atomic E-state index is 14.2. The molecule has 0 saturated carbocycles. The van der Waals surface area contributed by atoms with Gasteiger partial charge < -0.3 is 31.0 Å². The van der Waals surface area contributed by atoms with Crippen LogP contribution >= 0.6 is 0 Å². The second kappa shape index (κ2) is 13.2. The molecule has 0 radical (unpaired) electrons. The van der Waals surface area contributed by atoms with Crippen molar-refractivity contribution >= 4 is 58.2 Å². The van der Waals surface area contributed by atoms with Crippen molar-refractivity contribution in [3.63, 3.8) is 0 Å². The van der Waals surface area contributed by atoms with E-state index in [0.717, 1.165) is 33.9 Å². The summed E-state index contributed by atoms with van der Waals surface area (Å²) in [4.78, 5) is 39.8. The number of hydrogen-bond donors (Lipinski definition) is 4. The fourth-order valence-electron chi connectivity index (χ4n) is 4.75. The summed E-state index contributed by atoms with van der Waals surface area (Å²) >= 11 is 0. The first-order chi connectivity index (χ1) is 20.8. The first kappa shape index (κ1) is 29.3. The van der Waals surface area contributed by atoms with Crippen LogP contribution in [-0.2, 0) is 9.53 Å². The molecular formula is C31H31FN8O3. The van der Waals surface area contributed by atoms with Crippen LogP contribution < -0.4 is 20.9 Å². The normalized spacial score (nSPS) is 14.0. The molecule has 5 rings (SSSR count). The van der Waals surface area contributed by atoms with Crippen molar-refractivity contribution < 1.29 is 18.7 Å². The molecule has 220 valence electrons. The highest BCUT2D eigenvalue weighted by atomic mass is 19.1. The third kappa shape index (κ3) is 6.99. The predicted molar refractivity (Wildman–Crippen MR) is 167 cm³/mol. The number of benzene rings is 3. The van der Waals surface area contributed by atoms with Gasteiger partial charge in [0.25, 0.3) is 0 Å². The highest BCUT2D eigenvalue weighted by Crippen LogP contribution is 2.31. The molecule has 1 aliphatic rings. The van der Waals surface area contributed by atoms with Gasteiger partial charge >= 0.3 is 6.03 Å². The van der Waals surface area contributed by atoms with E-state index >= 15 is 0 Å². The van der Waals surface area contributed by atoms with Gasteiger partial charge in [-0.3, -0.25) is 9.79 Å². The molecule has 11 nitrogen and oxygen atoms in total. The Morgan fingerprint density at radius 3 is 2.40 bits per heavy atom. The number of aromatic nitrogens is 2. The van der Waals surface area contributed by atoms with Gasteiger partial charge in [-0.2, -0.15) is 0 Å². The van der Waals surface area contributed by atoms with Crippen molar-refractivity contribution in [3.05, 3.63) is 72.0 Å². The van der Waals surface area contributed by atoms with Crippen molar-refractivity contribution in [2.75, 3.05) is 54.2 Å². The first-order valence-electron chi connectivity index (χ1n) is 13.7. The molecule has 12 heteroatoms. The number of rotatable bonds is 8. The van der Waals surface area contributed by atoms with Gasteiger partial charge in [0.1, 0.15) is 11.6 Å². The summed E-state index contributed by atoms with van der Waals surface area (Å²) in [6.45, 7) is 3.91. The minimum Gasteiger partial charge on any atom is -0.378 e. The molecule has 1 atom stereocenters. The first-order valence-corrected chi connectivity index (χ1v) is 13.7. The van der Waals surface area contributed by atoms with Gasteiger partial charge in [0.2, 0.25) is 5.91 Å². The minimum absolute atomic E-state index is 0.0299. The number of fused-ring (bicyclic) bond motifs is 1. The summed E-state index contributed by atoms with van der Waals surface area (Å²) in [6.07, 6.45) is 3.07. The lowest BCUT2D eigenvalue weighted by molar-refractivity contribution is -0.114. The van der Waals surface area contributed by atoms with Crippen LogP contribution in [0.1, 0.15) is 18.4 Å². The third-order valence-corrected chi connectivity index (χ3v) is 6.82. The standard InChI is InChI=1S/C31H31FN8O3/c1-19(41)35-27-10-8-24(16-26(27)32)37-31(42)36-23-6-3-20(4-7-23)29-38-28-15-21(22(17-33)18-34-2)5-9-25(28)30(39-29)40-11-13-43-14-12-40/h3-10,15-18,22,33H,11-14H2,1-2H3,(H,35,41)(H2,36,37,42). The fraction of sp³-hybridized carbons (Fsp3) is 0.226. The Kier molecular flexibility index (Phi) is 8.96. The number of aliphatic imine (C=N–C) groups is 1. The van der Waals surface area contributed by atoms with Crippen LogP contribution in [0.4, 0.5) is 32.1 Å². The summed E-state index contributed by atoms with van der Waals surface area (Å²) in [5.41, 5.74) is 3.18. The van der Waals surface area contributed by atoms with Gasteiger partial charge in [0, 0.05) is 61.8 Å². The van der Waals surface area contributed by atoms with E-state index < -0.39 is 17.8 Å². The lowest BCUT2D eigenvalue weighted by Gasteiger charge is -2.29. The lowest BCUT2D eigenvalue weighted by Crippen LogP contribution is -2.37. The summed E-state index contributed by atoms with van der Waals surface area (Å²) in [5, 5.41) is 16.4. The largest absolute Gasteiger partial charge is 0.378 e. The van der Waals surface area contributed by atoms with E-state index in [1.807, 2.05) is 30.3 Å². The molecule has 4 N–H and O–H groups in total. The van der Waals surface area contributed by atoms with Crippen LogP contribution in [-0.4, -0.2) is 67.7 Å². The fourth-order valence-corrected chi connectivity index (χ4v) is 4.75. The number of ether oxygens (including phenoxy) is 1. The average Bonchev–Trinajstić information content (AvgIpc) is 3.01. The van der Waals surface area contributed by atoms with Crippen molar-refractivity contribution in [1.29, 1.82) is 5.41 Å². The van der Waals surface area contributed by atoms with Crippen molar-refractivity contribution in [2.45, 2.75) is 12.8 Å². The Morgan fingerprint density at radius 2 is 1.72 bits per heavy atom. The van der Waals surface area contributed by atoms with Gasteiger partial charge in [-0.15, -0.1) is 0 Å². The summed E-state index contributed by atoms with van der Waals surface area (Å²) in [5.74, 6) is 0.0115. The van der Waals surface area contributed by atoms with Gasteiger partial charge in [-0.25, -0.2) is 19.2 Å². The Labute approximate surface area is 247 Å². The van der Waals surface area contributed by atoms with E-state index in [9.17, 15) is 14.0 Å². The number of nitrogens with zero attached hydrogens (tertiary/aromatic N) is 4. The predicted octanol–water partition coefficient (Wildman–Crippen LogP) is 5.31. The molecule has 0 aliphatic carbocycles. The topological polar surface area (TPSA) is 145 Å². The Morgan fingerprint density at radius 1 is 1.00 bits per heavy atom. The molecule has 1 aromatic heterocycles. The van der Waals surface area contributed by atoms with E-state index in [-0.39, 0.29) is 17.3 Å². The number of carbonyl (C=O) groups excluding carboxylic acids is 2. The molecular weight excluding hydrogens is 551 g/mol. The zero-order chi connectivity index (χ0) is 30.3. The summed E-state index contributed by atoms with van der Waals surface area (Å²) < 4.78 is 19.8. The zero-order valence-electron chi connectivity index (χ0n) is 23.7. The molecule has 3 amide bonds. The van der Waals surface area contributed by atoms with Crippen LogP contribution in [0.25, 0.3) is 22.3 Å². The number of anilines is 4. The van der Waals surface area contributed by atoms with Gasteiger partial charge in [0.05, 0.1) is 30.3 Å². The van der Waals surface area contributed by atoms with E-state index in [0.29, 0.717) is 37.8 Å². The van der Waals surface area contributed by atoms with E-state index in [2.05, 4.69) is 25.8 Å². The van der Waals surface area contributed by atoms with Crippen LogP contribution in [0.15, 0.2) is 65.7 Å². The minimum atomic E-state index is -0.664. The maximum absolute atomic E-state index is 14.2. The number of urea groups is 1. The number of morpholine rings is 1. The molecule has 4 aromatic rings. The SMILES string of the molecule is CN=CC(C=N)c1ccc2c(N3CCOCC3)nc(-c3ccc(NC(=O)Nc4ccc(NC(C)=O)c(F)c4)cc3)nc2c1. The molecule has 0 spiro atoms. The summed E-state index contributed by atoms with van der Waals surface area (Å²) in [7, 11) is 1.68. The summed E-state index contributed by atoms with van der Waals surface area (Å²) in [6, 6.07) is 16.5. The van der Waals surface area contributed by atoms with Gasteiger partial charge in [-0.05, 0) is 60.2 Å². The van der Waals surface area contributed by atoms with Gasteiger partial charge in [0.15, 0.2) is 5.82 Å². The molecule has 3 aromatic carbocycles. The van der Waals surface area contributed by atoms with Crippen molar-refractivity contribution in [3.8, 4) is 11.4 Å². The number of amides is 3. The van der Waals surface area contributed by atoms with E-state index in [1.54, 1.807) is 25.4 Å². The molecule has 1 aliphatic heterocycles. The second-order valence-corrected chi connectivity index (χ2v) is 9.88. The van der Waals surface area contributed by atoms with Crippen LogP contribution in [0.2, 0.25) is 0 Å². The molecule has 1 unspecified atom stereocenters. The molecule has 1 saturated heterocycles. The van der Waals surface area contributed by atoms with Gasteiger partial charge in [-0.1, -0.05) is 6.07 Å². The Bertz CT molecular complexity index is 1690. The number of nitrogens with one attached hydrogen (secondary N) is 4. The molecule has 43 heavy (non-hydrogen) atoms. The zero-order valence-corrected chi connectivity index (χ0v) is 23.7. The van der Waals surface area contributed by atoms with Crippen LogP contribution in [0, 0.1) is 11.2 Å². The lowest BCUT2D eigenvalue weighted by atomic mass is 9.99. The van der Waals surface area contributed by atoms with Crippen LogP contribution in [0.3, 0.4) is 0 Å².